The average Bonchev–Trinajstić information content (AvgIpc) is 1.69. The Balaban J connectivity index is 0. The van der Waals surface area contributed by atoms with E-state index in [1.165, 1.54) is 0 Å². The van der Waals surface area contributed by atoms with E-state index in [2.05, 4.69) is 0 Å². The summed E-state index contributed by atoms with van der Waals surface area (Å²) in [6.45, 7) is 0. The summed E-state index contributed by atoms with van der Waals surface area (Å²) in [6.07, 6.45) is 0. The number of para-hydroxylation sites is 1. The van der Waals surface area contributed by atoms with Gasteiger partial charge in [-0.05, 0) is 12.1 Å². The minimum absolute atomic E-state index is 0. The van der Waals surface area contributed by atoms with Crippen LogP contribution in [0.5, 0.6) is 5.75 Å². The maximum absolute atomic E-state index is 8.63. The normalized spacial score (nSPS) is 6.67. The Morgan fingerprint density at radius 1 is 1.00 bits per heavy atom. The summed E-state index contributed by atoms with van der Waals surface area (Å²) in [5, 5.41) is 8.63. The summed E-state index contributed by atoms with van der Waals surface area (Å²) < 4.78 is 0. The molecule has 0 aliphatic rings. The van der Waals surface area contributed by atoms with Gasteiger partial charge in [0.15, 0.2) is 0 Å². The molecule has 1 aromatic rings. The first-order valence-electron chi connectivity index (χ1n) is 2.13. The fourth-order valence-corrected chi connectivity index (χ4v) is 0.428. The van der Waals surface area contributed by atoms with Gasteiger partial charge in [0, 0.05) is 0 Å². The molecule has 0 saturated carbocycles. The van der Waals surface area contributed by atoms with Gasteiger partial charge >= 0.3 is 29.6 Å². The third kappa shape index (κ3) is 4.45. The molecule has 3 heteroatoms. The molecule has 1 N–H and O–H groups in total. The van der Waals surface area contributed by atoms with Gasteiger partial charge in [-0.1, -0.05) is 18.2 Å². The monoisotopic (exact) mass is 136 g/mol. The number of hydrogen-bond donors (Lipinski definition) is 1. The van der Waals surface area contributed by atoms with Gasteiger partial charge < -0.3 is 9.81 Å². The Labute approximate surface area is 75.4 Å². The molecule has 0 heterocycles. The van der Waals surface area contributed by atoms with Gasteiger partial charge in [0.05, 0.1) is 0 Å². The zero-order valence-corrected chi connectivity index (χ0v) is 7.21. The largest absolute Gasteiger partial charge is 1.00 e. The van der Waals surface area contributed by atoms with E-state index in [1.807, 2.05) is 6.07 Å². The molecule has 0 spiro atoms. The maximum Gasteiger partial charge on any atom is 1.00 e. The van der Waals surface area contributed by atoms with E-state index >= 15 is 0 Å². The Hall–Kier alpha value is -0.0500. The molecule has 1 aromatic carbocycles. The summed E-state index contributed by atoms with van der Waals surface area (Å²) in [5.41, 5.74) is 0. The van der Waals surface area contributed by atoms with Crippen LogP contribution in [0.4, 0.5) is 0 Å². The van der Waals surface area contributed by atoms with Crippen molar-refractivity contribution in [3.05, 3.63) is 30.3 Å². The van der Waals surface area contributed by atoms with Crippen LogP contribution in [0.15, 0.2) is 30.3 Å². The molecule has 0 fully saturated rings. The van der Waals surface area contributed by atoms with Crippen LogP contribution >= 0.6 is 0 Å². The maximum atomic E-state index is 8.63. The second-order valence-corrected chi connectivity index (χ2v) is 1.34. The number of benzene rings is 1. The van der Waals surface area contributed by atoms with Crippen molar-refractivity contribution < 1.29 is 39.4 Å². The van der Waals surface area contributed by atoms with E-state index in [0.717, 1.165) is 0 Å². The van der Waals surface area contributed by atoms with E-state index in [4.69, 9.17) is 5.11 Å². The minimum atomic E-state index is 0. The van der Waals surface area contributed by atoms with Crippen molar-refractivity contribution in [1.29, 1.82) is 0 Å². The van der Waals surface area contributed by atoms with Crippen molar-refractivity contribution in [3.63, 3.8) is 0 Å². The molecule has 0 aromatic heterocycles. The molecule has 0 bridgehead atoms. The van der Waals surface area contributed by atoms with Crippen LogP contribution in [0.1, 0.15) is 0 Å². The van der Waals surface area contributed by atoms with Crippen molar-refractivity contribution in [2.45, 2.75) is 0 Å². The van der Waals surface area contributed by atoms with Crippen molar-refractivity contribution in [2.75, 3.05) is 0 Å². The van der Waals surface area contributed by atoms with E-state index in [-0.39, 0.29) is 34.3 Å². The SMILES string of the molecule is Oc1ccccc1.[F-].[Na+]. The van der Waals surface area contributed by atoms with Crippen LogP contribution in [0, 0.1) is 0 Å². The summed E-state index contributed by atoms with van der Waals surface area (Å²) in [5.74, 6) is 0.322. The number of phenols is 1. The number of hydrogen-bond acceptors (Lipinski definition) is 1. The predicted molar refractivity (Wildman–Crippen MR) is 28.1 cm³/mol. The molecule has 0 unspecified atom stereocenters. The first-order chi connectivity index (χ1) is 3.39. The minimum Gasteiger partial charge on any atom is -1.00 e. The van der Waals surface area contributed by atoms with Crippen molar-refractivity contribution in [3.8, 4) is 5.75 Å². The molecule has 0 saturated heterocycles. The fraction of sp³-hybridized carbons (Fsp3) is 0. The van der Waals surface area contributed by atoms with Gasteiger partial charge in [-0.2, -0.15) is 0 Å². The summed E-state index contributed by atoms with van der Waals surface area (Å²) in [7, 11) is 0. The fourth-order valence-electron chi connectivity index (χ4n) is 0.428. The molecule has 44 valence electrons. The predicted octanol–water partition coefficient (Wildman–Crippen LogP) is -4.60. The third-order valence-electron chi connectivity index (χ3n) is 0.756. The number of halogens is 1. The molecule has 1 nitrogen and oxygen atoms in total. The molecular weight excluding hydrogens is 130 g/mol. The van der Waals surface area contributed by atoms with E-state index in [9.17, 15) is 0 Å². The Bertz CT molecular complexity index is 143. The Morgan fingerprint density at radius 3 is 1.67 bits per heavy atom. The van der Waals surface area contributed by atoms with Crippen LogP contribution < -0.4 is 34.3 Å². The summed E-state index contributed by atoms with van der Waals surface area (Å²) in [6, 6.07) is 8.71. The van der Waals surface area contributed by atoms with Crippen LogP contribution in [-0.2, 0) is 0 Å². The Morgan fingerprint density at radius 2 is 1.44 bits per heavy atom. The van der Waals surface area contributed by atoms with Gasteiger partial charge in [-0.25, -0.2) is 0 Å². The van der Waals surface area contributed by atoms with Crippen LogP contribution in [0.3, 0.4) is 0 Å². The molecule has 0 aliphatic heterocycles. The molecular formula is C6H6FNaO. The van der Waals surface area contributed by atoms with Crippen molar-refractivity contribution >= 4 is 0 Å². The second-order valence-electron chi connectivity index (χ2n) is 1.34. The van der Waals surface area contributed by atoms with Crippen LogP contribution in [0.2, 0.25) is 0 Å². The number of aromatic hydroxyl groups is 1. The smallest absolute Gasteiger partial charge is 1.00 e. The van der Waals surface area contributed by atoms with Gasteiger partial charge in [-0.15, -0.1) is 0 Å². The molecule has 0 amide bonds. The van der Waals surface area contributed by atoms with Crippen LogP contribution in [-0.4, -0.2) is 5.11 Å². The third-order valence-corrected chi connectivity index (χ3v) is 0.756. The Kier molecular flexibility index (Phi) is 7.91. The topological polar surface area (TPSA) is 20.2 Å². The quantitative estimate of drug-likeness (QED) is 0.356. The molecule has 0 aliphatic carbocycles. The second kappa shape index (κ2) is 6.08. The van der Waals surface area contributed by atoms with E-state index in [0.29, 0.717) is 5.75 Å². The van der Waals surface area contributed by atoms with Crippen molar-refractivity contribution in [2.24, 2.45) is 0 Å². The van der Waals surface area contributed by atoms with E-state index in [1.54, 1.807) is 24.3 Å². The standard InChI is InChI=1S/C6H6O.FH.Na/c7-6-4-2-1-3-5-6;;/h1-5,7H;1H;/q;;+1/p-1. The van der Waals surface area contributed by atoms with E-state index < -0.39 is 0 Å². The van der Waals surface area contributed by atoms with Crippen LogP contribution in [0.25, 0.3) is 0 Å². The van der Waals surface area contributed by atoms with Gasteiger partial charge in [0.25, 0.3) is 0 Å². The molecule has 0 atom stereocenters. The van der Waals surface area contributed by atoms with Gasteiger partial charge in [-0.3, -0.25) is 0 Å². The number of phenolic OH excluding ortho intramolecular Hbond substituents is 1. The zero-order chi connectivity index (χ0) is 5.11. The number of rotatable bonds is 0. The summed E-state index contributed by atoms with van der Waals surface area (Å²) >= 11 is 0. The molecule has 0 radical (unpaired) electrons. The van der Waals surface area contributed by atoms with Gasteiger partial charge in [0.2, 0.25) is 0 Å². The average molecular weight is 136 g/mol. The molecule has 1 rings (SSSR count). The van der Waals surface area contributed by atoms with Gasteiger partial charge in [0.1, 0.15) is 5.75 Å². The zero-order valence-electron chi connectivity index (χ0n) is 5.21. The molecule has 9 heavy (non-hydrogen) atoms. The first kappa shape index (κ1) is 11.7. The summed E-state index contributed by atoms with van der Waals surface area (Å²) in [4.78, 5) is 0. The first-order valence-corrected chi connectivity index (χ1v) is 2.13. The van der Waals surface area contributed by atoms with Crippen molar-refractivity contribution in [1.82, 2.24) is 0 Å².